The second kappa shape index (κ2) is 9.04. The maximum atomic E-state index is 12.6. The van der Waals surface area contributed by atoms with Crippen molar-refractivity contribution in [2.45, 2.75) is 19.8 Å². The third kappa shape index (κ3) is 5.11. The van der Waals surface area contributed by atoms with Crippen LogP contribution < -0.4 is 10.2 Å². The number of esters is 1. The smallest absolute Gasteiger partial charge is 0.341 e. The van der Waals surface area contributed by atoms with E-state index >= 15 is 0 Å². The number of carbonyl (C=O) groups is 2. The molecule has 2 aromatic carbocycles. The molecule has 8 nitrogen and oxygen atoms in total. The number of aryl methyl sites for hydroxylation is 1. The number of nitro benzene ring substituents is 1. The van der Waals surface area contributed by atoms with Crippen molar-refractivity contribution in [3.63, 3.8) is 0 Å². The topological polar surface area (TPSA) is 102 Å². The van der Waals surface area contributed by atoms with Gasteiger partial charge in [-0.15, -0.1) is 0 Å². The number of halogens is 1. The summed E-state index contributed by atoms with van der Waals surface area (Å²) in [6.45, 7) is 2.89. The number of nitrogens with zero attached hydrogens (tertiary/aromatic N) is 2. The van der Waals surface area contributed by atoms with Gasteiger partial charge in [-0.1, -0.05) is 15.9 Å². The molecule has 3 rings (SSSR count). The van der Waals surface area contributed by atoms with Crippen molar-refractivity contribution in [1.82, 2.24) is 0 Å². The monoisotopic (exact) mass is 461 g/mol. The fourth-order valence-electron chi connectivity index (χ4n) is 3.20. The van der Waals surface area contributed by atoms with Gasteiger partial charge in [0.15, 0.2) is 6.61 Å². The minimum absolute atomic E-state index is 0.0914. The SMILES string of the molecule is Cc1cc(Br)ccc1NC(=O)COC(=O)c1cc([N+](=O)[O-])ccc1N1CCCC1. The van der Waals surface area contributed by atoms with Gasteiger partial charge in [-0.3, -0.25) is 14.9 Å². The predicted octanol–water partition coefficient (Wildman–Crippen LogP) is 4.06. The molecule has 1 aliphatic heterocycles. The Balaban J connectivity index is 1.71. The summed E-state index contributed by atoms with van der Waals surface area (Å²) in [6.07, 6.45) is 1.97. The predicted molar refractivity (Wildman–Crippen MR) is 112 cm³/mol. The van der Waals surface area contributed by atoms with E-state index in [1.54, 1.807) is 18.2 Å². The van der Waals surface area contributed by atoms with Crippen molar-refractivity contribution in [1.29, 1.82) is 0 Å². The first-order chi connectivity index (χ1) is 13.8. The number of amides is 1. The van der Waals surface area contributed by atoms with E-state index in [-0.39, 0.29) is 11.3 Å². The zero-order chi connectivity index (χ0) is 21.0. The van der Waals surface area contributed by atoms with Gasteiger partial charge in [0.2, 0.25) is 0 Å². The van der Waals surface area contributed by atoms with Gasteiger partial charge in [0.1, 0.15) is 0 Å². The summed E-state index contributed by atoms with van der Waals surface area (Å²) in [4.78, 5) is 37.3. The lowest BCUT2D eigenvalue weighted by Gasteiger charge is -2.20. The average molecular weight is 462 g/mol. The molecular formula is C20H20BrN3O5. The number of carbonyl (C=O) groups excluding carboxylic acids is 2. The standard InChI is InChI=1S/C20H20BrN3O5/c1-13-10-14(21)4-6-17(13)22-19(25)12-29-20(26)16-11-15(24(27)28)5-7-18(16)23-8-2-3-9-23/h4-7,10-11H,2-3,8-9,12H2,1H3,(H,22,25). The first kappa shape index (κ1) is 20.8. The molecule has 1 fully saturated rings. The maximum absolute atomic E-state index is 12.6. The van der Waals surface area contributed by atoms with Crippen LogP contribution in [0.4, 0.5) is 17.1 Å². The first-order valence-corrected chi connectivity index (χ1v) is 9.91. The third-order valence-corrected chi connectivity index (χ3v) is 5.15. The molecule has 1 N–H and O–H groups in total. The molecule has 29 heavy (non-hydrogen) atoms. The van der Waals surface area contributed by atoms with Gasteiger partial charge in [0.05, 0.1) is 16.2 Å². The first-order valence-electron chi connectivity index (χ1n) is 9.11. The van der Waals surface area contributed by atoms with Gasteiger partial charge in [-0.2, -0.15) is 0 Å². The Bertz CT molecular complexity index is 957. The minimum Gasteiger partial charge on any atom is -0.452 e. The molecule has 1 amide bonds. The summed E-state index contributed by atoms with van der Waals surface area (Å²) in [5, 5.41) is 13.8. The van der Waals surface area contributed by atoms with Crippen molar-refractivity contribution in [3.8, 4) is 0 Å². The molecule has 1 aliphatic rings. The summed E-state index contributed by atoms with van der Waals surface area (Å²) >= 11 is 3.35. The van der Waals surface area contributed by atoms with E-state index in [1.807, 2.05) is 17.9 Å². The van der Waals surface area contributed by atoms with Crippen LogP contribution in [-0.4, -0.2) is 36.5 Å². The van der Waals surface area contributed by atoms with E-state index in [9.17, 15) is 19.7 Å². The molecule has 2 aromatic rings. The number of nitro groups is 1. The number of benzene rings is 2. The molecule has 9 heteroatoms. The summed E-state index contributed by atoms with van der Waals surface area (Å²) in [7, 11) is 0. The normalized spacial score (nSPS) is 13.2. The van der Waals surface area contributed by atoms with Crippen molar-refractivity contribution < 1.29 is 19.2 Å². The Morgan fingerprint density at radius 2 is 1.93 bits per heavy atom. The molecule has 0 spiro atoms. The Labute approximate surface area is 176 Å². The fourth-order valence-corrected chi connectivity index (χ4v) is 3.67. The molecule has 0 atom stereocenters. The van der Waals surface area contributed by atoms with E-state index < -0.39 is 23.4 Å². The summed E-state index contributed by atoms with van der Waals surface area (Å²) < 4.78 is 6.04. The van der Waals surface area contributed by atoms with E-state index in [0.29, 0.717) is 11.4 Å². The molecule has 0 aliphatic carbocycles. The van der Waals surface area contributed by atoms with Crippen molar-refractivity contribution >= 4 is 44.9 Å². The van der Waals surface area contributed by atoms with E-state index in [4.69, 9.17) is 4.74 Å². The Morgan fingerprint density at radius 1 is 1.21 bits per heavy atom. The Morgan fingerprint density at radius 3 is 2.59 bits per heavy atom. The largest absolute Gasteiger partial charge is 0.452 e. The Kier molecular flexibility index (Phi) is 6.48. The van der Waals surface area contributed by atoms with Crippen LogP contribution in [0.1, 0.15) is 28.8 Å². The molecule has 0 radical (unpaired) electrons. The van der Waals surface area contributed by atoms with Crippen LogP contribution in [0.3, 0.4) is 0 Å². The zero-order valence-corrected chi connectivity index (χ0v) is 17.4. The fraction of sp³-hybridized carbons (Fsp3) is 0.300. The molecular weight excluding hydrogens is 442 g/mol. The van der Waals surface area contributed by atoms with E-state index in [1.165, 1.54) is 12.1 Å². The lowest BCUT2D eigenvalue weighted by Crippen LogP contribution is -2.24. The van der Waals surface area contributed by atoms with E-state index in [2.05, 4.69) is 21.2 Å². The zero-order valence-electron chi connectivity index (χ0n) is 15.8. The number of ether oxygens (including phenoxy) is 1. The van der Waals surface area contributed by atoms with Crippen molar-refractivity contribution in [2.24, 2.45) is 0 Å². The lowest BCUT2D eigenvalue weighted by molar-refractivity contribution is -0.384. The second-order valence-corrected chi connectivity index (χ2v) is 7.65. The van der Waals surface area contributed by atoms with E-state index in [0.717, 1.165) is 36.0 Å². The van der Waals surface area contributed by atoms with Gasteiger partial charge in [0.25, 0.3) is 11.6 Å². The minimum atomic E-state index is -0.765. The molecule has 1 saturated heterocycles. The Hall–Kier alpha value is -2.94. The highest BCUT2D eigenvalue weighted by Crippen LogP contribution is 2.29. The van der Waals surface area contributed by atoms with Gasteiger partial charge in [-0.25, -0.2) is 4.79 Å². The van der Waals surface area contributed by atoms with Gasteiger partial charge in [0, 0.05) is 35.4 Å². The number of hydrogen-bond donors (Lipinski definition) is 1. The van der Waals surface area contributed by atoms with Crippen LogP contribution >= 0.6 is 15.9 Å². The highest BCUT2D eigenvalue weighted by molar-refractivity contribution is 9.10. The van der Waals surface area contributed by atoms with Crippen LogP contribution in [0.5, 0.6) is 0 Å². The van der Waals surface area contributed by atoms with Crippen LogP contribution in [0.25, 0.3) is 0 Å². The highest BCUT2D eigenvalue weighted by Gasteiger charge is 2.24. The second-order valence-electron chi connectivity index (χ2n) is 6.74. The molecule has 0 aromatic heterocycles. The molecule has 0 saturated carbocycles. The van der Waals surface area contributed by atoms with Crippen molar-refractivity contribution in [2.75, 3.05) is 29.9 Å². The average Bonchev–Trinajstić information content (AvgIpc) is 3.22. The number of non-ortho nitro benzene ring substituents is 1. The number of rotatable bonds is 6. The van der Waals surface area contributed by atoms with Crippen LogP contribution in [-0.2, 0) is 9.53 Å². The van der Waals surface area contributed by atoms with Crippen molar-refractivity contribution in [3.05, 3.63) is 62.1 Å². The maximum Gasteiger partial charge on any atom is 0.341 e. The molecule has 0 bridgehead atoms. The molecule has 152 valence electrons. The summed E-state index contributed by atoms with van der Waals surface area (Å²) in [5.41, 5.74) is 1.95. The summed E-state index contributed by atoms with van der Waals surface area (Å²) in [5.74, 6) is -1.25. The quantitative estimate of drug-likeness (QED) is 0.395. The van der Waals surface area contributed by atoms with Gasteiger partial charge in [-0.05, 0) is 49.6 Å². The highest BCUT2D eigenvalue weighted by atomic mass is 79.9. The molecule has 0 unspecified atom stereocenters. The van der Waals surface area contributed by atoms with Crippen LogP contribution in [0.2, 0.25) is 0 Å². The number of nitrogens with one attached hydrogen (secondary N) is 1. The van der Waals surface area contributed by atoms with Gasteiger partial charge < -0.3 is 15.0 Å². The number of anilines is 2. The van der Waals surface area contributed by atoms with Gasteiger partial charge >= 0.3 is 5.97 Å². The lowest BCUT2D eigenvalue weighted by atomic mass is 10.1. The molecule has 1 heterocycles. The van der Waals surface area contributed by atoms with Crippen LogP contribution in [0.15, 0.2) is 40.9 Å². The summed E-state index contributed by atoms with van der Waals surface area (Å²) in [6, 6.07) is 9.52. The van der Waals surface area contributed by atoms with Crippen LogP contribution in [0, 0.1) is 17.0 Å². The third-order valence-electron chi connectivity index (χ3n) is 4.65. The number of hydrogen-bond acceptors (Lipinski definition) is 6.